The van der Waals surface area contributed by atoms with Crippen molar-refractivity contribution in [3.8, 4) is 0 Å². The molecule has 5 heteroatoms. The summed E-state index contributed by atoms with van der Waals surface area (Å²) >= 11 is 0. The molecular weight excluding hydrogens is 350 g/mol. The van der Waals surface area contributed by atoms with Gasteiger partial charge in [-0.1, -0.05) is 36.4 Å². The molecule has 2 N–H and O–H groups in total. The Hall–Kier alpha value is -3.47. The number of benzene rings is 2. The van der Waals surface area contributed by atoms with Crippen LogP contribution in [-0.4, -0.2) is 16.8 Å². The lowest BCUT2D eigenvalue weighted by Gasteiger charge is -2.17. The van der Waals surface area contributed by atoms with Crippen molar-refractivity contribution in [3.05, 3.63) is 94.8 Å². The van der Waals surface area contributed by atoms with E-state index in [0.29, 0.717) is 16.8 Å². The number of nitrogens with one attached hydrogen (secondary N) is 2. The zero-order chi connectivity index (χ0) is 19.5. The molecule has 1 unspecified atom stereocenters. The van der Waals surface area contributed by atoms with Crippen molar-refractivity contribution in [3.63, 3.8) is 0 Å². The summed E-state index contributed by atoms with van der Waals surface area (Å²) in [4.78, 5) is 29.5. The van der Waals surface area contributed by atoms with Crippen LogP contribution in [0.15, 0.2) is 67.0 Å². The number of para-hydroxylation sites is 1. The maximum atomic E-state index is 13.0. The van der Waals surface area contributed by atoms with E-state index in [1.54, 1.807) is 30.6 Å². The van der Waals surface area contributed by atoms with Crippen LogP contribution in [0.2, 0.25) is 0 Å². The van der Waals surface area contributed by atoms with Gasteiger partial charge in [-0.15, -0.1) is 0 Å². The minimum absolute atomic E-state index is 0.00652. The standard InChI is InChI=1S/C23H21N3O2/c1-15-5-4-8-19(21(15)26-22(27)17-11-13-24-14-12-17)23(28)25-20-10-9-16-6-2-3-7-18(16)20/h2-8,11-14,20H,9-10H2,1H3,(H,25,28)(H,26,27). The number of carbonyl (C=O) groups is 2. The van der Waals surface area contributed by atoms with Gasteiger partial charge in [-0.2, -0.15) is 0 Å². The Morgan fingerprint density at radius 3 is 2.57 bits per heavy atom. The van der Waals surface area contributed by atoms with Crippen LogP contribution in [0.3, 0.4) is 0 Å². The Morgan fingerprint density at radius 1 is 0.964 bits per heavy atom. The molecule has 28 heavy (non-hydrogen) atoms. The minimum atomic E-state index is -0.267. The number of hydrogen-bond acceptors (Lipinski definition) is 3. The van der Waals surface area contributed by atoms with Gasteiger partial charge in [-0.05, 0) is 54.7 Å². The lowest BCUT2D eigenvalue weighted by Crippen LogP contribution is -2.28. The summed E-state index contributed by atoms with van der Waals surface area (Å²) in [6.45, 7) is 1.88. The number of amides is 2. The SMILES string of the molecule is Cc1cccc(C(=O)NC2CCc3ccccc32)c1NC(=O)c1ccncc1. The highest BCUT2D eigenvalue weighted by molar-refractivity contribution is 6.09. The fourth-order valence-electron chi connectivity index (χ4n) is 3.65. The summed E-state index contributed by atoms with van der Waals surface area (Å²) in [5.74, 6) is -0.451. The topological polar surface area (TPSA) is 71.1 Å². The molecule has 2 aromatic carbocycles. The van der Waals surface area contributed by atoms with E-state index < -0.39 is 0 Å². The number of rotatable bonds is 4. The first-order valence-corrected chi connectivity index (χ1v) is 9.33. The Kier molecular flexibility index (Phi) is 4.89. The van der Waals surface area contributed by atoms with Gasteiger partial charge in [0.05, 0.1) is 17.3 Å². The molecule has 3 aromatic rings. The molecule has 2 amide bonds. The minimum Gasteiger partial charge on any atom is -0.345 e. The van der Waals surface area contributed by atoms with E-state index in [0.717, 1.165) is 18.4 Å². The average Bonchev–Trinajstić information content (AvgIpc) is 3.13. The van der Waals surface area contributed by atoms with Gasteiger partial charge in [-0.25, -0.2) is 0 Å². The summed E-state index contributed by atoms with van der Waals surface area (Å²) < 4.78 is 0. The number of anilines is 1. The van der Waals surface area contributed by atoms with Gasteiger partial charge in [0, 0.05) is 18.0 Å². The third-order valence-electron chi connectivity index (χ3n) is 5.14. The lowest BCUT2D eigenvalue weighted by atomic mass is 10.0. The van der Waals surface area contributed by atoms with E-state index in [9.17, 15) is 9.59 Å². The first-order valence-electron chi connectivity index (χ1n) is 9.33. The smallest absolute Gasteiger partial charge is 0.255 e. The van der Waals surface area contributed by atoms with Crippen molar-refractivity contribution in [2.75, 3.05) is 5.32 Å². The molecule has 0 fully saturated rings. The Labute approximate surface area is 163 Å². The molecule has 1 aliphatic carbocycles. The maximum Gasteiger partial charge on any atom is 0.255 e. The van der Waals surface area contributed by atoms with Crippen molar-refractivity contribution in [2.45, 2.75) is 25.8 Å². The zero-order valence-electron chi connectivity index (χ0n) is 15.6. The number of nitrogens with zero attached hydrogens (tertiary/aromatic N) is 1. The highest BCUT2D eigenvalue weighted by Crippen LogP contribution is 2.31. The fourth-order valence-corrected chi connectivity index (χ4v) is 3.65. The van der Waals surface area contributed by atoms with E-state index in [1.807, 2.05) is 31.2 Å². The third-order valence-corrected chi connectivity index (χ3v) is 5.14. The molecule has 0 aliphatic heterocycles. The van der Waals surface area contributed by atoms with Gasteiger partial charge >= 0.3 is 0 Å². The molecular formula is C23H21N3O2. The quantitative estimate of drug-likeness (QED) is 0.726. The van der Waals surface area contributed by atoms with Crippen LogP contribution in [0.1, 0.15) is 49.9 Å². The van der Waals surface area contributed by atoms with Crippen LogP contribution in [0.25, 0.3) is 0 Å². The van der Waals surface area contributed by atoms with Crippen molar-refractivity contribution >= 4 is 17.5 Å². The average molecular weight is 371 g/mol. The molecule has 1 aromatic heterocycles. The van der Waals surface area contributed by atoms with Crippen LogP contribution in [0.5, 0.6) is 0 Å². The van der Waals surface area contributed by atoms with Crippen LogP contribution < -0.4 is 10.6 Å². The maximum absolute atomic E-state index is 13.0. The van der Waals surface area contributed by atoms with Crippen LogP contribution in [0.4, 0.5) is 5.69 Å². The van der Waals surface area contributed by atoms with E-state index in [1.165, 1.54) is 11.1 Å². The number of carbonyl (C=O) groups excluding carboxylic acids is 2. The molecule has 1 atom stereocenters. The summed E-state index contributed by atoms with van der Waals surface area (Å²) in [6, 6.07) is 16.9. The molecule has 0 bridgehead atoms. The number of hydrogen-bond donors (Lipinski definition) is 2. The van der Waals surface area contributed by atoms with Gasteiger partial charge in [0.25, 0.3) is 11.8 Å². The molecule has 1 aliphatic rings. The second kappa shape index (κ2) is 7.64. The molecule has 0 radical (unpaired) electrons. The molecule has 1 heterocycles. The van der Waals surface area contributed by atoms with E-state index >= 15 is 0 Å². The first-order chi connectivity index (χ1) is 13.6. The van der Waals surface area contributed by atoms with Gasteiger partial charge < -0.3 is 10.6 Å². The zero-order valence-corrected chi connectivity index (χ0v) is 15.6. The molecule has 4 rings (SSSR count). The van der Waals surface area contributed by atoms with Gasteiger partial charge in [0.15, 0.2) is 0 Å². The number of pyridine rings is 1. The summed E-state index contributed by atoms with van der Waals surface area (Å²) in [6.07, 6.45) is 4.98. The fraction of sp³-hybridized carbons (Fsp3) is 0.174. The van der Waals surface area contributed by atoms with Gasteiger partial charge in [0.2, 0.25) is 0 Å². The highest BCUT2D eigenvalue weighted by atomic mass is 16.2. The van der Waals surface area contributed by atoms with Crippen molar-refractivity contribution in [2.24, 2.45) is 0 Å². The van der Waals surface area contributed by atoms with E-state index in [4.69, 9.17) is 0 Å². The number of aryl methyl sites for hydroxylation is 2. The molecule has 0 spiro atoms. The number of aromatic nitrogens is 1. The van der Waals surface area contributed by atoms with Crippen molar-refractivity contribution in [1.82, 2.24) is 10.3 Å². The van der Waals surface area contributed by atoms with Crippen molar-refractivity contribution < 1.29 is 9.59 Å². The van der Waals surface area contributed by atoms with Gasteiger partial charge in [-0.3, -0.25) is 14.6 Å². The Balaban J connectivity index is 1.57. The second-order valence-electron chi connectivity index (χ2n) is 6.95. The second-order valence-corrected chi connectivity index (χ2v) is 6.95. The molecule has 5 nitrogen and oxygen atoms in total. The predicted molar refractivity (Wildman–Crippen MR) is 108 cm³/mol. The van der Waals surface area contributed by atoms with Crippen molar-refractivity contribution in [1.29, 1.82) is 0 Å². The lowest BCUT2D eigenvalue weighted by molar-refractivity contribution is 0.0937. The third kappa shape index (κ3) is 3.51. The monoisotopic (exact) mass is 371 g/mol. The largest absolute Gasteiger partial charge is 0.345 e. The van der Waals surface area contributed by atoms with Crippen LogP contribution >= 0.6 is 0 Å². The first kappa shape index (κ1) is 17.9. The van der Waals surface area contributed by atoms with E-state index in [2.05, 4.69) is 27.8 Å². The number of fused-ring (bicyclic) bond motifs is 1. The summed E-state index contributed by atoms with van der Waals surface area (Å²) in [7, 11) is 0. The normalized spacial score (nSPS) is 15.0. The molecule has 140 valence electrons. The molecule has 0 saturated heterocycles. The Bertz CT molecular complexity index is 1030. The van der Waals surface area contributed by atoms with E-state index in [-0.39, 0.29) is 17.9 Å². The van der Waals surface area contributed by atoms with Crippen LogP contribution in [-0.2, 0) is 6.42 Å². The summed E-state index contributed by atoms with van der Waals surface area (Å²) in [5, 5.41) is 6.02. The molecule has 0 saturated carbocycles. The predicted octanol–water partition coefficient (Wildman–Crippen LogP) is 4.06. The Morgan fingerprint density at radius 2 is 1.75 bits per heavy atom. The summed E-state index contributed by atoms with van der Waals surface area (Å²) in [5.41, 5.74) is 4.78. The van der Waals surface area contributed by atoms with Gasteiger partial charge in [0.1, 0.15) is 0 Å². The highest BCUT2D eigenvalue weighted by Gasteiger charge is 2.25. The van der Waals surface area contributed by atoms with Crippen LogP contribution in [0, 0.1) is 6.92 Å².